The molecule has 0 aliphatic rings. The number of carbonyl (C=O) groups is 1. The Morgan fingerprint density at radius 2 is 2.04 bits per heavy atom. The fourth-order valence-electron chi connectivity index (χ4n) is 1.80. The minimum atomic E-state index is -0.250. The van der Waals surface area contributed by atoms with Crippen LogP contribution in [0.3, 0.4) is 0 Å². The first-order chi connectivity index (χ1) is 11.5. The molecule has 0 fully saturated rings. The minimum Gasteiger partial charge on any atom is -0.356 e. The highest BCUT2D eigenvalue weighted by Crippen LogP contribution is 2.25. The van der Waals surface area contributed by atoms with Crippen LogP contribution in [0.15, 0.2) is 28.6 Å². The Kier molecular flexibility index (Phi) is 7.45. The Bertz CT molecular complexity index is 646. The van der Waals surface area contributed by atoms with Crippen molar-refractivity contribution in [2.45, 2.75) is 31.2 Å². The summed E-state index contributed by atoms with van der Waals surface area (Å²) in [5, 5.41) is 14.8. The summed E-state index contributed by atoms with van der Waals surface area (Å²) in [6.07, 6.45) is 0.979. The zero-order valence-corrected chi connectivity index (χ0v) is 15.3. The Hall–Kier alpha value is -1.67. The molecule has 24 heavy (non-hydrogen) atoms. The summed E-state index contributed by atoms with van der Waals surface area (Å²) in [6.45, 7) is 5.51. The second kappa shape index (κ2) is 9.58. The first kappa shape index (κ1) is 18.7. The molecule has 0 radical (unpaired) electrons. The van der Waals surface area contributed by atoms with E-state index < -0.39 is 0 Å². The van der Waals surface area contributed by atoms with Gasteiger partial charge in [-0.2, -0.15) is 0 Å². The SMILES string of the molecule is CC(C)CCNC(=O)CSc1nnc(NCc2ccc(F)cc2)s1. The zero-order chi connectivity index (χ0) is 17.4. The predicted octanol–water partition coefficient (Wildman–Crippen LogP) is 3.54. The molecule has 130 valence electrons. The molecule has 0 atom stereocenters. The van der Waals surface area contributed by atoms with E-state index in [2.05, 4.69) is 34.7 Å². The van der Waals surface area contributed by atoms with Crippen LogP contribution in [0.25, 0.3) is 0 Å². The number of rotatable bonds is 9. The smallest absolute Gasteiger partial charge is 0.230 e. The standard InChI is InChI=1S/C16H21FN4OS2/c1-11(2)7-8-18-14(22)10-23-16-21-20-15(24-16)19-9-12-3-5-13(17)6-4-12/h3-6,11H,7-10H2,1-2H3,(H,18,22)(H,19,20). The number of anilines is 1. The van der Waals surface area contributed by atoms with Gasteiger partial charge in [0, 0.05) is 13.1 Å². The van der Waals surface area contributed by atoms with Gasteiger partial charge in [-0.15, -0.1) is 10.2 Å². The monoisotopic (exact) mass is 368 g/mol. The lowest BCUT2D eigenvalue weighted by Gasteiger charge is -2.05. The van der Waals surface area contributed by atoms with Crippen LogP contribution in [0.1, 0.15) is 25.8 Å². The molecule has 1 aromatic heterocycles. The third-order valence-electron chi connectivity index (χ3n) is 3.13. The van der Waals surface area contributed by atoms with E-state index in [1.807, 2.05) is 0 Å². The molecular weight excluding hydrogens is 347 g/mol. The molecule has 0 bridgehead atoms. The second-order valence-electron chi connectivity index (χ2n) is 5.67. The summed E-state index contributed by atoms with van der Waals surface area (Å²) in [7, 11) is 0. The zero-order valence-electron chi connectivity index (χ0n) is 13.7. The van der Waals surface area contributed by atoms with Crippen molar-refractivity contribution in [2.24, 2.45) is 5.92 Å². The van der Waals surface area contributed by atoms with Crippen LogP contribution in [0.2, 0.25) is 0 Å². The first-order valence-electron chi connectivity index (χ1n) is 7.74. The van der Waals surface area contributed by atoms with Crippen molar-refractivity contribution >= 4 is 34.1 Å². The van der Waals surface area contributed by atoms with E-state index in [0.717, 1.165) is 16.3 Å². The summed E-state index contributed by atoms with van der Waals surface area (Å²) in [4.78, 5) is 11.7. The van der Waals surface area contributed by atoms with Gasteiger partial charge in [0.05, 0.1) is 5.75 Å². The summed E-state index contributed by atoms with van der Waals surface area (Å²) in [5.74, 6) is 0.678. The summed E-state index contributed by atoms with van der Waals surface area (Å²) in [5.41, 5.74) is 0.963. The molecule has 0 saturated heterocycles. The largest absolute Gasteiger partial charge is 0.356 e. The number of halogens is 1. The van der Waals surface area contributed by atoms with Gasteiger partial charge >= 0.3 is 0 Å². The van der Waals surface area contributed by atoms with Crippen LogP contribution in [0.4, 0.5) is 9.52 Å². The molecule has 0 aliphatic carbocycles. The van der Waals surface area contributed by atoms with Crippen molar-refractivity contribution < 1.29 is 9.18 Å². The van der Waals surface area contributed by atoms with Crippen LogP contribution in [0.5, 0.6) is 0 Å². The third-order valence-corrected chi connectivity index (χ3v) is 5.15. The van der Waals surface area contributed by atoms with Gasteiger partial charge < -0.3 is 10.6 Å². The van der Waals surface area contributed by atoms with Crippen LogP contribution in [-0.2, 0) is 11.3 Å². The molecule has 5 nitrogen and oxygen atoms in total. The maximum Gasteiger partial charge on any atom is 0.230 e. The van der Waals surface area contributed by atoms with E-state index in [0.29, 0.717) is 29.9 Å². The van der Waals surface area contributed by atoms with Crippen molar-refractivity contribution in [1.29, 1.82) is 0 Å². The van der Waals surface area contributed by atoms with Crippen molar-refractivity contribution in [3.63, 3.8) is 0 Å². The summed E-state index contributed by atoms with van der Waals surface area (Å²) in [6, 6.07) is 6.30. The van der Waals surface area contributed by atoms with Gasteiger partial charge in [-0.1, -0.05) is 49.1 Å². The van der Waals surface area contributed by atoms with Gasteiger partial charge in [-0.3, -0.25) is 4.79 Å². The molecule has 0 saturated carbocycles. The maximum atomic E-state index is 12.8. The van der Waals surface area contributed by atoms with E-state index in [-0.39, 0.29) is 11.7 Å². The Morgan fingerprint density at radius 3 is 2.75 bits per heavy atom. The molecule has 8 heteroatoms. The Balaban J connectivity index is 1.70. The number of nitrogens with one attached hydrogen (secondary N) is 2. The van der Waals surface area contributed by atoms with E-state index in [1.165, 1.54) is 35.2 Å². The molecule has 2 N–H and O–H groups in total. The van der Waals surface area contributed by atoms with Crippen molar-refractivity contribution in [2.75, 3.05) is 17.6 Å². The van der Waals surface area contributed by atoms with E-state index in [1.54, 1.807) is 12.1 Å². The second-order valence-corrected chi connectivity index (χ2v) is 7.87. The highest BCUT2D eigenvalue weighted by molar-refractivity contribution is 8.01. The number of benzene rings is 1. The molecule has 1 aromatic carbocycles. The van der Waals surface area contributed by atoms with Crippen LogP contribution in [-0.4, -0.2) is 28.4 Å². The highest BCUT2D eigenvalue weighted by Gasteiger charge is 2.08. The fourth-order valence-corrected chi connectivity index (χ4v) is 3.38. The minimum absolute atomic E-state index is 0.0108. The molecule has 1 heterocycles. The predicted molar refractivity (Wildman–Crippen MR) is 96.8 cm³/mol. The number of hydrogen-bond donors (Lipinski definition) is 2. The van der Waals surface area contributed by atoms with E-state index in [9.17, 15) is 9.18 Å². The Morgan fingerprint density at radius 1 is 1.29 bits per heavy atom. The topological polar surface area (TPSA) is 66.9 Å². The fraction of sp³-hybridized carbons (Fsp3) is 0.438. The molecule has 2 rings (SSSR count). The van der Waals surface area contributed by atoms with Crippen LogP contribution < -0.4 is 10.6 Å². The lowest BCUT2D eigenvalue weighted by Crippen LogP contribution is -2.26. The summed E-state index contributed by atoms with van der Waals surface area (Å²) >= 11 is 2.78. The van der Waals surface area contributed by atoms with Crippen LogP contribution >= 0.6 is 23.1 Å². The molecule has 0 unspecified atom stereocenters. The molecule has 0 aliphatic heterocycles. The van der Waals surface area contributed by atoms with Gasteiger partial charge in [0.15, 0.2) is 4.34 Å². The molecule has 2 aromatic rings. The quantitative estimate of drug-likeness (QED) is 0.663. The number of carbonyl (C=O) groups excluding carboxylic acids is 1. The van der Waals surface area contributed by atoms with Gasteiger partial charge in [-0.25, -0.2) is 4.39 Å². The molecule has 0 spiro atoms. The van der Waals surface area contributed by atoms with Crippen molar-refractivity contribution in [3.8, 4) is 0 Å². The normalized spacial score (nSPS) is 10.8. The maximum absolute atomic E-state index is 12.8. The number of aromatic nitrogens is 2. The van der Waals surface area contributed by atoms with Crippen LogP contribution in [0, 0.1) is 11.7 Å². The summed E-state index contributed by atoms with van der Waals surface area (Å²) < 4.78 is 13.6. The van der Waals surface area contributed by atoms with E-state index in [4.69, 9.17) is 0 Å². The average Bonchev–Trinajstić information content (AvgIpc) is 3.00. The number of amides is 1. The third kappa shape index (κ3) is 6.84. The first-order valence-corrected chi connectivity index (χ1v) is 9.54. The number of nitrogens with zero attached hydrogens (tertiary/aromatic N) is 2. The highest BCUT2D eigenvalue weighted by atomic mass is 32.2. The molecule has 1 amide bonds. The lowest BCUT2D eigenvalue weighted by atomic mass is 10.1. The van der Waals surface area contributed by atoms with Gasteiger partial charge in [0.1, 0.15) is 5.82 Å². The number of thioether (sulfide) groups is 1. The lowest BCUT2D eigenvalue weighted by molar-refractivity contribution is -0.118. The average molecular weight is 369 g/mol. The van der Waals surface area contributed by atoms with Gasteiger partial charge in [-0.05, 0) is 30.0 Å². The van der Waals surface area contributed by atoms with Gasteiger partial charge in [0.2, 0.25) is 11.0 Å². The van der Waals surface area contributed by atoms with Gasteiger partial charge in [0.25, 0.3) is 0 Å². The van der Waals surface area contributed by atoms with Crippen molar-refractivity contribution in [1.82, 2.24) is 15.5 Å². The Labute approximate surface area is 149 Å². The number of hydrogen-bond acceptors (Lipinski definition) is 6. The van der Waals surface area contributed by atoms with Crippen molar-refractivity contribution in [3.05, 3.63) is 35.6 Å². The molecular formula is C16H21FN4OS2. The van der Waals surface area contributed by atoms with E-state index >= 15 is 0 Å².